The molecule has 2 N–H and O–H groups in total. The number of hydrogen-bond donors (Lipinski definition) is 2. The first-order chi connectivity index (χ1) is 14.8. The van der Waals surface area contributed by atoms with Gasteiger partial charge in [0.15, 0.2) is 6.61 Å². The number of nitrogens with zero attached hydrogens (tertiary/aromatic N) is 1. The number of carbonyl (C=O) groups is 3. The summed E-state index contributed by atoms with van der Waals surface area (Å²) in [6.45, 7) is 5.36. The number of hydrogen-bond acceptors (Lipinski definition) is 4. The molecule has 0 aliphatic heterocycles. The molecule has 7 nitrogen and oxygen atoms in total. The van der Waals surface area contributed by atoms with Gasteiger partial charge in [0.05, 0.1) is 5.56 Å². The number of ether oxygens (including phenoxy) is 1. The van der Waals surface area contributed by atoms with Crippen molar-refractivity contribution in [2.75, 3.05) is 19.0 Å². The Balaban J connectivity index is 1.64. The molecule has 0 unspecified atom stereocenters. The average molecular weight is 419 g/mol. The van der Waals surface area contributed by atoms with Gasteiger partial charge in [-0.1, -0.05) is 12.1 Å². The molecule has 1 heterocycles. The molecule has 7 heteroatoms. The van der Waals surface area contributed by atoms with Crippen molar-refractivity contribution in [1.82, 2.24) is 9.88 Å². The van der Waals surface area contributed by atoms with E-state index in [4.69, 9.17) is 4.74 Å². The quantitative estimate of drug-likeness (QED) is 0.598. The second-order valence-corrected chi connectivity index (χ2v) is 7.24. The molecule has 3 rings (SSSR count). The first-order valence-electron chi connectivity index (χ1n) is 9.85. The zero-order valence-electron chi connectivity index (χ0n) is 18.0. The molecule has 0 aliphatic carbocycles. The molecule has 0 atom stereocenters. The normalized spacial score (nSPS) is 10.5. The summed E-state index contributed by atoms with van der Waals surface area (Å²) in [5, 5.41) is 5.17. The molecule has 1 aromatic heterocycles. The van der Waals surface area contributed by atoms with Crippen LogP contribution in [0.2, 0.25) is 0 Å². The van der Waals surface area contributed by atoms with Gasteiger partial charge in [-0.15, -0.1) is 0 Å². The molecular formula is C24H25N3O4. The van der Waals surface area contributed by atoms with Gasteiger partial charge in [-0.2, -0.15) is 0 Å². The standard InChI is InChI=1S/C24H25N3O4/c1-15-6-5-7-20(12-15)27-16(2)13-21(17(27)3)24(30)31-14-22(28)26-19-10-8-18(9-11-19)23(29)25-4/h5-13H,14H2,1-4H3,(H,25,29)(H,26,28). The molecule has 0 saturated heterocycles. The van der Waals surface area contributed by atoms with Crippen molar-refractivity contribution in [1.29, 1.82) is 0 Å². The van der Waals surface area contributed by atoms with Crippen molar-refractivity contribution in [2.45, 2.75) is 20.8 Å². The molecular weight excluding hydrogens is 394 g/mol. The Kier molecular flexibility index (Phi) is 6.55. The van der Waals surface area contributed by atoms with Crippen LogP contribution in [0.1, 0.15) is 37.7 Å². The molecule has 0 saturated carbocycles. The van der Waals surface area contributed by atoms with Crippen molar-refractivity contribution < 1.29 is 19.1 Å². The smallest absolute Gasteiger partial charge is 0.340 e. The molecule has 31 heavy (non-hydrogen) atoms. The van der Waals surface area contributed by atoms with Crippen LogP contribution in [0.3, 0.4) is 0 Å². The molecule has 0 aliphatic rings. The van der Waals surface area contributed by atoms with E-state index in [-0.39, 0.29) is 5.91 Å². The molecule has 2 amide bonds. The second-order valence-electron chi connectivity index (χ2n) is 7.24. The van der Waals surface area contributed by atoms with Gasteiger partial charge in [0, 0.05) is 35.4 Å². The minimum absolute atomic E-state index is 0.213. The fourth-order valence-electron chi connectivity index (χ4n) is 3.39. The van der Waals surface area contributed by atoms with E-state index in [1.807, 2.05) is 49.6 Å². The van der Waals surface area contributed by atoms with E-state index in [2.05, 4.69) is 10.6 Å². The molecule has 2 aromatic carbocycles. The van der Waals surface area contributed by atoms with Crippen LogP contribution < -0.4 is 10.6 Å². The monoisotopic (exact) mass is 419 g/mol. The second kappa shape index (κ2) is 9.30. The number of esters is 1. The summed E-state index contributed by atoms with van der Waals surface area (Å²) in [4.78, 5) is 36.3. The third-order valence-corrected chi connectivity index (χ3v) is 4.90. The van der Waals surface area contributed by atoms with Gasteiger partial charge in [0.1, 0.15) is 0 Å². The van der Waals surface area contributed by atoms with Gasteiger partial charge in [0.2, 0.25) is 0 Å². The Morgan fingerprint density at radius 2 is 1.68 bits per heavy atom. The highest BCUT2D eigenvalue weighted by Gasteiger charge is 2.19. The summed E-state index contributed by atoms with van der Waals surface area (Å²) >= 11 is 0. The lowest BCUT2D eigenvalue weighted by molar-refractivity contribution is -0.119. The third kappa shape index (κ3) is 5.01. The highest BCUT2D eigenvalue weighted by Crippen LogP contribution is 2.22. The number of carbonyl (C=O) groups excluding carboxylic acids is 3. The minimum Gasteiger partial charge on any atom is -0.452 e. The summed E-state index contributed by atoms with van der Waals surface area (Å²) in [6.07, 6.45) is 0. The fraction of sp³-hybridized carbons (Fsp3) is 0.208. The van der Waals surface area contributed by atoms with Crippen LogP contribution in [0.15, 0.2) is 54.6 Å². The Labute approximate surface area is 181 Å². The number of aromatic nitrogens is 1. The Morgan fingerprint density at radius 3 is 2.32 bits per heavy atom. The lowest BCUT2D eigenvalue weighted by Crippen LogP contribution is -2.21. The zero-order valence-corrected chi connectivity index (χ0v) is 18.0. The number of nitrogens with one attached hydrogen (secondary N) is 2. The van der Waals surface area contributed by atoms with Crippen molar-refractivity contribution in [2.24, 2.45) is 0 Å². The Hall–Kier alpha value is -3.87. The summed E-state index contributed by atoms with van der Waals surface area (Å²) in [5.74, 6) is -1.24. The fourth-order valence-corrected chi connectivity index (χ4v) is 3.39. The van der Waals surface area contributed by atoms with Gasteiger partial charge in [-0.05, 0) is 68.8 Å². The van der Waals surface area contributed by atoms with Crippen molar-refractivity contribution in [3.8, 4) is 5.69 Å². The van der Waals surface area contributed by atoms with Gasteiger partial charge in [-0.3, -0.25) is 9.59 Å². The van der Waals surface area contributed by atoms with Crippen molar-refractivity contribution >= 4 is 23.5 Å². The SMILES string of the molecule is CNC(=O)c1ccc(NC(=O)COC(=O)c2cc(C)n(-c3cccc(C)c3)c2C)cc1. The maximum Gasteiger partial charge on any atom is 0.340 e. The van der Waals surface area contributed by atoms with Gasteiger partial charge in [-0.25, -0.2) is 4.79 Å². The van der Waals surface area contributed by atoms with Crippen LogP contribution in [0, 0.1) is 20.8 Å². The number of rotatable bonds is 6. The van der Waals surface area contributed by atoms with Crippen LogP contribution in [-0.4, -0.2) is 36.0 Å². The van der Waals surface area contributed by atoms with Gasteiger partial charge >= 0.3 is 5.97 Å². The van der Waals surface area contributed by atoms with E-state index < -0.39 is 18.5 Å². The largest absolute Gasteiger partial charge is 0.452 e. The summed E-state index contributed by atoms with van der Waals surface area (Å²) in [5.41, 5.74) is 5.14. The Morgan fingerprint density at radius 1 is 0.968 bits per heavy atom. The first-order valence-corrected chi connectivity index (χ1v) is 9.85. The summed E-state index contributed by atoms with van der Waals surface area (Å²) in [6, 6.07) is 16.2. The maximum atomic E-state index is 12.6. The topological polar surface area (TPSA) is 89.4 Å². The van der Waals surface area contributed by atoms with E-state index in [1.165, 1.54) is 0 Å². The zero-order chi connectivity index (χ0) is 22.5. The predicted octanol–water partition coefficient (Wildman–Crippen LogP) is 3.56. The van der Waals surface area contributed by atoms with Crippen LogP contribution in [0.4, 0.5) is 5.69 Å². The number of amides is 2. The lowest BCUT2D eigenvalue weighted by Gasteiger charge is -2.11. The molecule has 160 valence electrons. The number of aryl methyl sites for hydroxylation is 2. The van der Waals surface area contributed by atoms with Crippen LogP contribution in [0.25, 0.3) is 5.69 Å². The van der Waals surface area contributed by atoms with E-state index in [0.717, 1.165) is 22.6 Å². The maximum absolute atomic E-state index is 12.6. The first kappa shape index (κ1) is 21.8. The van der Waals surface area contributed by atoms with Gasteiger partial charge < -0.3 is 19.9 Å². The molecule has 0 radical (unpaired) electrons. The van der Waals surface area contributed by atoms with E-state index in [1.54, 1.807) is 37.4 Å². The number of benzene rings is 2. The van der Waals surface area contributed by atoms with Crippen LogP contribution in [0.5, 0.6) is 0 Å². The van der Waals surface area contributed by atoms with Gasteiger partial charge in [0.25, 0.3) is 11.8 Å². The Bertz CT molecular complexity index is 1130. The number of anilines is 1. The molecule has 0 fully saturated rings. The summed E-state index contributed by atoms with van der Waals surface area (Å²) < 4.78 is 7.21. The predicted molar refractivity (Wildman–Crippen MR) is 119 cm³/mol. The molecule has 0 bridgehead atoms. The lowest BCUT2D eigenvalue weighted by atomic mass is 10.2. The highest BCUT2D eigenvalue weighted by molar-refractivity contribution is 5.97. The average Bonchev–Trinajstić information content (AvgIpc) is 3.06. The third-order valence-electron chi connectivity index (χ3n) is 4.90. The molecule has 3 aromatic rings. The van der Waals surface area contributed by atoms with E-state index in [0.29, 0.717) is 16.8 Å². The van der Waals surface area contributed by atoms with E-state index in [9.17, 15) is 14.4 Å². The van der Waals surface area contributed by atoms with Crippen LogP contribution in [-0.2, 0) is 9.53 Å². The highest BCUT2D eigenvalue weighted by atomic mass is 16.5. The van der Waals surface area contributed by atoms with Crippen LogP contribution >= 0.6 is 0 Å². The van der Waals surface area contributed by atoms with E-state index >= 15 is 0 Å². The van der Waals surface area contributed by atoms with Crippen molar-refractivity contribution in [3.63, 3.8) is 0 Å². The minimum atomic E-state index is -0.558. The molecule has 0 spiro atoms. The van der Waals surface area contributed by atoms with Crippen molar-refractivity contribution in [3.05, 3.63) is 82.7 Å². The summed E-state index contributed by atoms with van der Waals surface area (Å²) in [7, 11) is 1.55.